The third-order valence-corrected chi connectivity index (χ3v) is 3.33. The zero-order chi connectivity index (χ0) is 10.8. The molecule has 3 nitrogen and oxygen atoms in total. The Labute approximate surface area is 103 Å². The number of rotatable bonds is 2. The summed E-state index contributed by atoms with van der Waals surface area (Å²) in [5.41, 5.74) is 1.02. The van der Waals surface area contributed by atoms with Gasteiger partial charge in [-0.15, -0.1) is 0 Å². The van der Waals surface area contributed by atoms with E-state index in [4.69, 9.17) is 0 Å². The molecule has 1 aliphatic rings. The first-order chi connectivity index (χ1) is 7.16. The first-order valence-electron chi connectivity index (χ1n) is 4.94. The third-order valence-electron chi connectivity index (χ3n) is 2.61. The van der Waals surface area contributed by atoms with Gasteiger partial charge in [-0.25, -0.2) is 0 Å². The molecular formula is C11H13IN2O. The number of hydrogen-bond acceptors (Lipinski definition) is 2. The molecule has 1 saturated heterocycles. The Morgan fingerprint density at radius 3 is 2.60 bits per heavy atom. The molecule has 0 radical (unpaired) electrons. The SMILES string of the molecule is CN1CCC(Nc2ccc(I)cc2)C1=O. The van der Waals surface area contributed by atoms with Gasteiger partial charge in [-0.05, 0) is 53.3 Å². The van der Waals surface area contributed by atoms with Crippen molar-refractivity contribution in [3.8, 4) is 0 Å². The van der Waals surface area contributed by atoms with Crippen LogP contribution >= 0.6 is 22.6 Å². The number of nitrogens with zero attached hydrogens (tertiary/aromatic N) is 1. The van der Waals surface area contributed by atoms with Crippen LogP contribution in [0.25, 0.3) is 0 Å². The van der Waals surface area contributed by atoms with Crippen LogP contribution in [0.3, 0.4) is 0 Å². The largest absolute Gasteiger partial charge is 0.374 e. The molecule has 1 unspecified atom stereocenters. The molecular weight excluding hydrogens is 303 g/mol. The van der Waals surface area contributed by atoms with Crippen LogP contribution in [-0.2, 0) is 4.79 Å². The molecule has 1 N–H and O–H groups in total. The third kappa shape index (κ3) is 2.42. The van der Waals surface area contributed by atoms with Gasteiger partial charge < -0.3 is 10.2 Å². The van der Waals surface area contributed by atoms with Gasteiger partial charge >= 0.3 is 0 Å². The van der Waals surface area contributed by atoms with E-state index in [1.165, 1.54) is 3.57 Å². The molecule has 1 aromatic carbocycles. The molecule has 1 fully saturated rings. The van der Waals surface area contributed by atoms with Crippen LogP contribution in [0.2, 0.25) is 0 Å². The Bertz CT molecular complexity index is 363. The summed E-state index contributed by atoms with van der Waals surface area (Å²) < 4.78 is 1.20. The number of carbonyl (C=O) groups excluding carboxylic acids is 1. The molecule has 0 aromatic heterocycles. The van der Waals surface area contributed by atoms with Gasteiger partial charge in [-0.2, -0.15) is 0 Å². The predicted octanol–water partition coefficient (Wildman–Crippen LogP) is 1.93. The Kier molecular flexibility index (Phi) is 3.14. The number of likely N-dealkylation sites (tertiary alicyclic amines) is 1. The lowest BCUT2D eigenvalue weighted by Crippen LogP contribution is -2.30. The molecule has 1 aliphatic heterocycles. The van der Waals surface area contributed by atoms with Crippen molar-refractivity contribution in [2.24, 2.45) is 0 Å². The van der Waals surface area contributed by atoms with Gasteiger partial charge in [0.2, 0.25) is 5.91 Å². The minimum atomic E-state index is -0.0462. The molecule has 2 rings (SSSR count). The normalized spacial score (nSPS) is 20.8. The van der Waals surface area contributed by atoms with Crippen LogP contribution < -0.4 is 5.32 Å². The van der Waals surface area contributed by atoms with Gasteiger partial charge in [-0.3, -0.25) is 4.79 Å². The second-order valence-electron chi connectivity index (χ2n) is 3.75. The summed E-state index contributed by atoms with van der Waals surface area (Å²) in [5, 5.41) is 3.25. The van der Waals surface area contributed by atoms with Crippen molar-refractivity contribution in [3.63, 3.8) is 0 Å². The van der Waals surface area contributed by atoms with Crippen LogP contribution in [0.1, 0.15) is 6.42 Å². The standard InChI is InChI=1S/C11H13IN2O/c1-14-7-6-10(11(14)15)13-9-4-2-8(12)3-5-9/h2-5,10,13H,6-7H2,1H3. The van der Waals surface area contributed by atoms with Gasteiger partial charge in [0.05, 0.1) is 0 Å². The minimum Gasteiger partial charge on any atom is -0.374 e. The Morgan fingerprint density at radius 2 is 2.07 bits per heavy atom. The second kappa shape index (κ2) is 4.38. The maximum absolute atomic E-state index is 11.6. The van der Waals surface area contributed by atoms with E-state index in [-0.39, 0.29) is 11.9 Å². The van der Waals surface area contributed by atoms with Gasteiger partial charge in [-0.1, -0.05) is 0 Å². The molecule has 1 atom stereocenters. The average Bonchev–Trinajstić information content (AvgIpc) is 2.53. The van der Waals surface area contributed by atoms with Crippen molar-refractivity contribution in [2.45, 2.75) is 12.5 Å². The van der Waals surface area contributed by atoms with Crippen molar-refractivity contribution >= 4 is 34.2 Å². The zero-order valence-electron chi connectivity index (χ0n) is 8.53. The summed E-state index contributed by atoms with van der Waals surface area (Å²) in [6, 6.07) is 8.04. The van der Waals surface area contributed by atoms with Crippen molar-refractivity contribution in [3.05, 3.63) is 27.8 Å². The summed E-state index contributed by atoms with van der Waals surface area (Å²) in [6.45, 7) is 0.848. The van der Waals surface area contributed by atoms with Crippen molar-refractivity contribution in [1.29, 1.82) is 0 Å². The van der Waals surface area contributed by atoms with Crippen LogP contribution in [0.4, 0.5) is 5.69 Å². The van der Waals surface area contributed by atoms with E-state index in [1.807, 2.05) is 31.3 Å². The fraction of sp³-hybridized carbons (Fsp3) is 0.364. The molecule has 1 amide bonds. The lowest BCUT2D eigenvalue weighted by Gasteiger charge is -2.13. The predicted molar refractivity (Wildman–Crippen MR) is 68.8 cm³/mol. The van der Waals surface area contributed by atoms with E-state index >= 15 is 0 Å². The Hall–Kier alpha value is -0.780. The van der Waals surface area contributed by atoms with Crippen LogP contribution in [0, 0.1) is 3.57 Å². The molecule has 0 bridgehead atoms. The van der Waals surface area contributed by atoms with Crippen molar-refractivity contribution in [2.75, 3.05) is 18.9 Å². The highest BCUT2D eigenvalue weighted by Crippen LogP contribution is 2.17. The highest BCUT2D eigenvalue weighted by Gasteiger charge is 2.28. The van der Waals surface area contributed by atoms with Crippen LogP contribution in [0.5, 0.6) is 0 Å². The Balaban J connectivity index is 2.03. The average molecular weight is 316 g/mol. The lowest BCUT2D eigenvalue weighted by molar-refractivity contribution is -0.127. The number of hydrogen-bond donors (Lipinski definition) is 1. The van der Waals surface area contributed by atoms with E-state index in [0.717, 1.165) is 18.7 Å². The molecule has 1 heterocycles. The smallest absolute Gasteiger partial charge is 0.244 e. The molecule has 4 heteroatoms. The van der Waals surface area contributed by atoms with E-state index in [2.05, 4.69) is 27.9 Å². The number of carbonyl (C=O) groups is 1. The van der Waals surface area contributed by atoms with E-state index in [0.29, 0.717) is 0 Å². The summed E-state index contributed by atoms with van der Waals surface area (Å²) >= 11 is 2.27. The number of benzene rings is 1. The van der Waals surface area contributed by atoms with Crippen molar-refractivity contribution in [1.82, 2.24) is 4.90 Å². The van der Waals surface area contributed by atoms with Gasteiger partial charge in [0.15, 0.2) is 0 Å². The van der Waals surface area contributed by atoms with Crippen LogP contribution in [0.15, 0.2) is 24.3 Å². The molecule has 0 aliphatic carbocycles. The molecule has 1 aromatic rings. The quantitative estimate of drug-likeness (QED) is 0.846. The van der Waals surface area contributed by atoms with E-state index in [9.17, 15) is 4.79 Å². The summed E-state index contributed by atoms with van der Waals surface area (Å²) in [6.07, 6.45) is 0.890. The zero-order valence-corrected chi connectivity index (χ0v) is 10.7. The number of amides is 1. The highest BCUT2D eigenvalue weighted by molar-refractivity contribution is 14.1. The van der Waals surface area contributed by atoms with Gasteiger partial charge in [0.25, 0.3) is 0 Å². The number of anilines is 1. The topological polar surface area (TPSA) is 32.3 Å². The first-order valence-corrected chi connectivity index (χ1v) is 6.02. The summed E-state index contributed by atoms with van der Waals surface area (Å²) in [7, 11) is 1.85. The van der Waals surface area contributed by atoms with Gasteiger partial charge in [0, 0.05) is 22.8 Å². The summed E-state index contributed by atoms with van der Waals surface area (Å²) in [4.78, 5) is 13.4. The first kappa shape index (κ1) is 10.7. The maximum Gasteiger partial charge on any atom is 0.244 e. The number of halogens is 1. The molecule has 15 heavy (non-hydrogen) atoms. The molecule has 0 spiro atoms. The van der Waals surface area contributed by atoms with E-state index in [1.54, 1.807) is 4.90 Å². The number of nitrogens with one attached hydrogen (secondary N) is 1. The van der Waals surface area contributed by atoms with Crippen LogP contribution in [-0.4, -0.2) is 30.4 Å². The monoisotopic (exact) mass is 316 g/mol. The fourth-order valence-electron chi connectivity index (χ4n) is 1.70. The lowest BCUT2D eigenvalue weighted by atomic mass is 10.2. The molecule has 0 saturated carbocycles. The fourth-order valence-corrected chi connectivity index (χ4v) is 2.06. The summed E-state index contributed by atoms with van der Waals surface area (Å²) in [5.74, 6) is 0.188. The maximum atomic E-state index is 11.6. The van der Waals surface area contributed by atoms with E-state index < -0.39 is 0 Å². The minimum absolute atomic E-state index is 0.0462. The Morgan fingerprint density at radius 1 is 1.40 bits per heavy atom. The van der Waals surface area contributed by atoms with Crippen molar-refractivity contribution < 1.29 is 4.79 Å². The number of likely N-dealkylation sites (N-methyl/N-ethyl adjacent to an activating group) is 1. The van der Waals surface area contributed by atoms with Gasteiger partial charge in [0.1, 0.15) is 6.04 Å². The molecule has 80 valence electrons. The highest BCUT2D eigenvalue weighted by atomic mass is 127. The second-order valence-corrected chi connectivity index (χ2v) is 5.00.